The van der Waals surface area contributed by atoms with E-state index < -0.39 is 11.4 Å². The summed E-state index contributed by atoms with van der Waals surface area (Å²) in [7, 11) is 0. The first-order valence-electron chi connectivity index (χ1n) is 6.99. The first kappa shape index (κ1) is 17.9. The van der Waals surface area contributed by atoms with Crippen molar-refractivity contribution in [1.29, 1.82) is 0 Å². The zero-order valence-corrected chi connectivity index (χ0v) is 12.5. The fourth-order valence-electron chi connectivity index (χ4n) is 1.79. The molecule has 0 aliphatic heterocycles. The molecule has 0 bridgehead atoms. The standard InChI is InChI=1S/C14H27NO4/c1-5-14(6-2,13(17)18)10-15-12(16)8-7-9-19-11(3)4/h11H,5-10H2,1-4H3,(H,15,16)(H,17,18). The van der Waals surface area contributed by atoms with Crippen molar-refractivity contribution in [2.45, 2.75) is 59.5 Å². The maximum Gasteiger partial charge on any atom is 0.311 e. The second-order valence-corrected chi connectivity index (χ2v) is 5.09. The lowest BCUT2D eigenvalue weighted by atomic mass is 9.82. The molecule has 0 radical (unpaired) electrons. The summed E-state index contributed by atoms with van der Waals surface area (Å²) in [6.07, 6.45) is 2.21. The summed E-state index contributed by atoms with van der Waals surface area (Å²) in [6, 6.07) is 0. The monoisotopic (exact) mass is 273 g/mol. The molecule has 0 aliphatic carbocycles. The molecule has 5 heteroatoms. The van der Waals surface area contributed by atoms with Crippen LogP contribution in [-0.4, -0.2) is 36.2 Å². The van der Waals surface area contributed by atoms with Crippen molar-refractivity contribution in [2.24, 2.45) is 5.41 Å². The van der Waals surface area contributed by atoms with Crippen molar-refractivity contribution >= 4 is 11.9 Å². The maximum absolute atomic E-state index is 11.6. The van der Waals surface area contributed by atoms with E-state index in [-0.39, 0.29) is 18.6 Å². The Bertz CT molecular complexity index is 285. The Balaban J connectivity index is 4.03. The topological polar surface area (TPSA) is 75.6 Å². The minimum absolute atomic E-state index is 0.111. The van der Waals surface area contributed by atoms with Gasteiger partial charge in [-0.15, -0.1) is 0 Å². The summed E-state index contributed by atoms with van der Waals surface area (Å²) in [5, 5.41) is 12.0. The highest BCUT2D eigenvalue weighted by atomic mass is 16.5. The molecule has 112 valence electrons. The third-order valence-electron chi connectivity index (χ3n) is 3.43. The van der Waals surface area contributed by atoms with Gasteiger partial charge in [-0.3, -0.25) is 9.59 Å². The molecular weight excluding hydrogens is 246 g/mol. The van der Waals surface area contributed by atoms with Crippen LogP contribution < -0.4 is 5.32 Å². The summed E-state index contributed by atoms with van der Waals surface area (Å²) in [5.74, 6) is -0.958. The summed E-state index contributed by atoms with van der Waals surface area (Å²) in [6.45, 7) is 8.31. The molecule has 0 saturated heterocycles. The van der Waals surface area contributed by atoms with Crippen LogP contribution in [0.2, 0.25) is 0 Å². The van der Waals surface area contributed by atoms with Crippen LogP contribution in [0.4, 0.5) is 0 Å². The Morgan fingerprint density at radius 2 is 1.84 bits per heavy atom. The van der Waals surface area contributed by atoms with Gasteiger partial charge in [-0.1, -0.05) is 13.8 Å². The quantitative estimate of drug-likeness (QED) is 0.598. The molecule has 0 atom stereocenters. The van der Waals surface area contributed by atoms with Crippen molar-refractivity contribution in [1.82, 2.24) is 5.32 Å². The molecule has 0 rings (SSSR count). The molecule has 0 spiro atoms. The zero-order chi connectivity index (χ0) is 14.9. The van der Waals surface area contributed by atoms with Crippen LogP contribution in [0.15, 0.2) is 0 Å². The summed E-state index contributed by atoms with van der Waals surface area (Å²) in [4.78, 5) is 22.9. The zero-order valence-electron chi connectivity index (χ0n) is 12.5. The average Bonchev–Trinajstić information content (AvgIpc) is 2.36. The minimum atomic E-state index is -0.846. The van der Waals surface area contributed by atoms with Gasteiger partial charge in [-0.2, -0.15) is 0 Å². The van der Waals surface area contributed by atoms with Gasteiger partial charge in [0.2, 0.25) is 5.91 Å². The first-order chi connectivity index (χ1) is 8.88. The number of carboxylic acid groups (broad SMARTS) is 1. The van der Waals surface area contributed by atoms with E-state index in [1.54, 1.807) is 0 Å². The SMILES string of the molecule is CCC(CC)(CNC(=O)CCCOC(C)C)C(=O)O. The van der Waals surface area contributed by atoms with Gasteiger partial charge in [0.1, 0.15) is 0 Å². The molecular formula is C14H27NO4. The second-order valence-electron chi connectivity index (χ2n) is 5.09. The van der Waals surface area contributed by atoms with Crippen LogP contribution in [0.5, 0.6) is 0 Å². The van der Waals surface area contributed by atoms with Gasteiger partial charge in [0, 0.05) is 19.6 Å². The van der Waals surface area contributed by atoms with E-state index in [0.29, 0.717) is 32.3 Å². The van der Waals surface area contributed by atoms with E-state index in [1.165, 1.54) is 0 Å². The van der Waals surface area contributed by atoms with Gasteiger partial charge in [0.05, 0.1) is 11.5 Å². The second kappa shape index (κ2) is 8.91. The van der Waals surface area contributed by atoms with Crippen LogP contribution in [0.25, 0.3) is 0 Å². The number of nitrogens with one attached hydrogen (secondary N) is 1. The van der Waals surface area contributed by atoms with Gasteiger partial charge >= 0.3 is 5.97 Å². The summed E-state index contributed by atoms with van der Waals surface area (Å²) in [5.41, 5.74) is -0.843. The van der Waals surface area contributed by atoms with Crippen LogP contribution in [0.1, 0.15) is 53.4 Å². The predicted molar refractivity (Wildman–Crippen MR) is 74.0 cm³/mol. The molecule has 0 aromatic rings. The van der Waals surface area contributed by atoms with E-state index in [1.807, 2.05) is 27.7 Å². The van der Waals surface area contributed by atoms with Crippen molar-refractivity contribution in [2.75, 3.05) is 13.2 Å². The number of amides is 1. The van der Waals surface area contributed by atoms with Gasteiger partial charge in [0.15, 0.2) is 0 Å². The highest BCUT2D eigenvalue weighted by molar-refractivity contribution is 5.79. The minimum Gasteiger partial charge on any atom is -0.481 e. The number of carboxylic acids is 1. The van der Waals surface area contributed by atoms with E-state index >= 15 is 0 Å². The highest BCUT2D eigenvalue weighted by Gasteiger charge is 2.34. The molecule has 2 N–H and O–H groups in total. The lowest BCUT2D eigenvalue weighted by molar-refractivity contribution is -0.149. The smallest absolute Gasteiger partial charge is 0.311 e. The molecule has 0 saturated carbocycles. The van der Waals surface area contributed by atoms with Crippen molar-refractivity contribution in [3.8, 4) is 0 Å². The van der Waals surface area contributed by atoms with Crippen LogP contribution >= 0.6 is 0 Å². The van der Waals surface area contributed by atoms with Crippen LogP contribution in [-0.2, 0) is 14.3 Å². The van der Waals surface area contributed by atoms with Crippen LogP contribution in [0.3, 0.4) is 0 Å². The third-order valence-corrected chi connectivity index (χ3v) is 3.43. The lowest BCUT2D eigenvalue weighted by Crippen LogP contribution is -2.42. The highest BCUT2D eigenvalue weighted by Crippen LogP contribution is 2.25. The van der Waals surface area contributed by atoms with Crippen LogP contribution in [0, 0.1) is 5.41 Å². The summed E-state index contributed by atoms with van der Waals surface area (Å²) < 4.78 is 5.34. The van der Waals surface area contributed by atoms with Crippen molar-refractivity contribution < 1.29 is 19.4 Å². The van der Waals surface area contributed by atoms with Crippen molar-refractivity contribution in [3.05, 3.63) is 0 Å². The number of carbonyl (C=O) groups is 2. The average molecular weight is 273 g/mol. The Morgan fingerprint density at radius 1 is 1.26 bits per heavy atom. The molecule has 0 aromatic carbocycles. The molecule has 0 aliphatic rings. The summed E-state index contributed by atoms with van der Waals surface area (Å²) >= 11 is 0. The molecule has 0 aromatic heterocycles. The normalized spacial score (nSPS) is 11.6. The number of rotatable bonds is 10. The molecule has 0 unspecified atom stereocenters. The first-order valence-corrected chi connectivity index (χ1v) is 6.99. The fraction of sp³-hybridized carbons (Fsp3) is 0.857. The predicted octanol–water partition coefficient (Wildman–Crippen LogP) is 2.20. The van der Waals surface area contributed by atoms with E-state index in [2.05, 4.69) is 5.32 Å². The number of hydrogen-bond donors (Lipinski definition) is 2. The Hall–Kier alpha value is -1.10. The number of aliphatic carboxylic acids is 1. The fourth-order valence-corrected chi connectivity index (χ4v) is 1.79. The third kappa shape index (κ3) is 6.57. The maximum atomic E-state index is 11.6. The van der Waals surface area contributed by atoms with Gasteiger partial charge < -0.3 is 15.2 Å². The Kier molecular flexibility index (Phi) is 8.39. The number of ether oxygens (including phenoxy) is 1. The number of hydrogen-bond acceptors (Lipinski definition) is 3. The van der Waals surface area contributed by atoms with E-state index in [4.69, 9.17) is 4.74 Å². The lowest BCUT2D eigenvalue weighted by Gasteiger charge is -2.26. The van der Waals surface area contributed by atoms with Crippen molar-refractivity contribution in [3.63, 3.8) is 0 Å². The van der Waals surface area contributed by atoms with E-state index in [0.717, 1.165) is 0 Å². The largest absolute Gasteiger partial charge is 0.481 e. The van der Waals surface area contributed by atoms with Gasteiger partial charge in [-0.05, 0) is 33.1 Å². The Morgan fingerprint density at radius 3 is 2.26 bits per heavy atom. The molecule has 5 nitrogen and oxygen atoms in total. The molecule has 1 amide bonds. The number of carbonyl (C=O) groups excluding carboxylic acids is 1. The molecule has 0 fully saturated rings. The molecule has 0 heterocycles. The van der Waals surface area contributed by atoms with Gasteiger partial charge in [-0.25, -0.2) is 0 Å². The van der Waals surface area contributed by atoms with Gasteiger partial charge in [0.25, 0.3) is 0 Å². The van der Waals surface area contributed by atoms with E-state index in [9.17, 15) is 14.7 Å². The Labute approximate surface area is 115 Å². The molecule has 19 heavy (non-hydrogen) atoms.